The average molecular weight is 423 g/mol. The van der Waals surface area contributed by atoms with Gasteiger partial charge in [0.2, 0.25) is 5.82 Å². The topological polar surface area (TPSA) is 48.1 Å². The molecular formula is C21H18F5N3O. The van der Waals surface area contributed by atoms with Crippen molar-refractivity contribution in [3.63, 3.8) is 0 Å². The second-order valence-electron chi connectivity index (χ2n) is 7.27. The summed E-state index contributed by atoms with van der Waals surface area (Å²) in [6.45, 7) is 3.01. The molecule has 30 heavy (non-hydrogen) atoms. The predicted molar refractivity (Wildman–Crippen MR) is 102 cm³/mol. The number of likely N-dealkylation sites (tertiary alicyclic amines) is 1. The van der Waals surface area contributed by atoms with Crippen LogP contribution in [0.2, 0.25) is 0 Å². The van der Waals surface area contributed by atoms with Gasteiger partial charge in [0.1, 0.15) is 5.56 Å². The number of fused-ring (bicyclic) bond motifs is 1. The smallest absolute Gasteiger partial charge is 0.261 e. The highest BCUT2D eigenvalue weighted by atomic mass is 19.2. The highest BCUT2D eigenvalue weighted by Gasteiger charge is 2.29. The summed E-state index contributed by atoms with van der Waals surface area (Å²) in [6, 6.07) is 4.75. The molecule has 0 spiro atoms. The zero-order valence-corrected chi connectivity index (χ0v) is 15.8. The molecule has 0 bridgehead atoms. The molecule has 9 heteroatoms. The van der Waals surface area contributed by atoms with Gasteiger partial charge in [-0.25, -0.2) is 22.0 Å². The van der Waals surface area contributed by atoms with Crippen LogP contribution in [0.25, 0.3) is 10.9 Å². The maximum atomic E-state index is 13.9. The Morgan fingerprint density at radius 2 is 1.60 bits per heavy atom. The van der Waals surface area contributed by atoms with Gasteiger partial charge in [0, 0.05) is 29.3 Å². The third-order valence-corrected chi connectivity index (χ3v) is 5.36. The molecule has 4 nitrogen and oxygen atoms in total. The molecular weight excluding hydrogens is 405 g/mol. The molecule has 0 saturated carbocycles. The third kappa shape index (κ3) is 3.65. The second-order valence-corrected chi connectivity index (χ2v) is 7.27. The zero-order chi connectivity index (χ0) is 21.4. The summed E-state index contributed by atoms with van der Waals surface area (Å²) in [6.07, 6.45) is 4.99. The van der Waals surface area contributed by atoms with Gasteiger partial charge < -0.3 is 15.2 Å². The van der Waals surface area contributed by atoms with Gasteiger partial charge in [-0.15, -0.1) is 0 Å². The lowest BCUT2D eigenvalue weighted by Crippen LogP contribution is -2.21. The number of benzene rings is 2. The van der Waals surface area contributed by atoms with Crippen molar-refractivity contribution >= 4 is 22.5 Å². The SMILES string of the molecule is O=C(Nc1ccc2[nH]cc(CCN3CCCC3)c2c1)c1c(F)c(F)c(F)c(F)c1F. The van der Waals surface area contributed by atoms with E-state index in [4.69, 9.17) is 0 Å². The number of aromatic amines is 1. The molecule has 1 saturated heterocycles. The third-order valence-electron chi connectivity index (χ3n) is 5.36. The molecule has 3 aromatic rings. The summed E-state index contributed by atoms with van der Waals surface area (Å²) >= 11 is 0. The fourth-order valence-corrected chi connectivity index (χ4v) is 3.75. The van der Waals surface area contributed by atoms with Crippen LogP contribution in [0.3, 0.4) is 0 Å². The summed E-state index contributed by atoms with van der Waals surface area (Å²) in [5.41, 5.74) is 0.471. The first kappa shape index (κ1) is 20.3. The molecule has 2 aromatic carbocycles. The lowest BCUT2D eigenvalue weighted by Gasteiger charge is -2.13. The van der Waals surface area contributed by atoms with Crippen molar-refractivity contribution in [2.75, 3.05) is 25.0 Å². The molecule has 1 fully saturated rings. The number of H-pyrrole nitrogens is 1. The molecule has 0 unspecified atom stereocenters. The van der Waals surface area contributed by atoms with Crippen molar-refractivity contribution in [1.82, 2.24) is 9.88 Å². The first-order valence-corrected chi connectivity index (χ1v) is 9.52. The Kier molecular flexibility index (Phi) is 5.46. The summed E-state index contributed by atoms with van der Waals surface area (Å²) in [5, 5.41) is 3.03. The Hall–Kier alpha value is -2.94. The van der Waals surface area contributed by atoms with Crippen LogP contribution in [0.15, 0.2) is 24.4 Å². The van der Waals surface area contributed by atoms with Gasteiger partial charge in [-0.3, -0.25) is 4.79 Å². The van der Waals surface area contributed by atoms with E-state index >= 15 is 0 Å². The van der Waals surface area contributed by atoms with Crippen LogP contribution in [0.4, 0.5) is 27.6 Å². The number of amides is 1. The molecule has 2 N–H and O–H groups in total. The molecule has 1 aliphatic rings. The lowest BCUT2D eigenvalue weighted by atomic mass is 10.1. The van der Waals surface area contributed by atoms with E-state index in [-0.39, 0.29) is 5.69 Å². The van der Waals surface area contributed by atoms with E-state index in [1.165, 1.54) is 18.9 Å². The van der Waals surface area contributed by atoms with Crippen molar-refractivity contribution in [3.8, 4) is 0 Å². The minimum absolute atomic E-state index is 0.179. The molecule has 4 rings (SSSR count). The minimum atomic E-state index is -2.31. The van der Waals surface area contributed by atoms with E-state index in [2.05, 4.69) is 15.2 Å². The van der Waals surface area contributed by atoms with Crippen LogP contribution < -0.4 is 5.32 Å². The van der Waals surface area contributed by atoms with Crippen molar-refractivity contribution in [2.45, 2.75) is 19.3 Å². The predicted octanol–water partition coefficient (Wildman–Crippen LogP) is 4.75. The van der Waals surface area contributed by atoms with Gasteiger partial charge in [0.25, 0.3) is 5.91 Å². The molecule has 1 aromatic heterocycles. The Labute approximate surface area is 168 Å². The number of carbonyl (C=O) groups excluding carboxylic acids is 1. The van der Waals surface area contributed by atoms with E-state index in [1.807, 2.05) is 6.20 Å². The number of nitrogens with one attached hydrogen (secondary N) is 2. The maximum absolute atomic E-state index is 13.9. The summed E-state index contributed by atoms with van der Waals surface area (Å²) < 4.78 is 67.7. The summed E-state index contributed by atoms with van der Waals surface area (Å²) in [5.74, 6) is -12.4. The lowest BCUT2D eigenvalue weighted by molar-refractivity contribution is 0.101. The Balaban J connectivity index is 1.58. The summed E-state index contributed by atoms with van der Waals surface area (Å²) in [4.78, 5) is 17.7. The average Bonchev–Trinajstić information content (AvgIpc) is 3.39. The number of nitrogens with zero attached hydrogens (tertiary/aromatic N) is 1. The fourth-order valence-electron chi connectivity index (χ4n) is 3.75. The Morgan fingerprint density at radius 1 is 0.967 bits per heavy atom. The molecule has 1 amide bonds. The molecule has 2 heterocycles. The standard InChI is InChI=1S/C21H18F5N3O/c22-16-15(17(23)19(25)20(26)18(16)24)21(30)28-12-3-4-14-13(9-12)11(10-27-14)5-8-29-6-1-2-7-29/h3-4,9-10,27H,1-2,5-8H2,(H,28,30). The Bertz CT molecular complexity index is 1090. The largest absolute Gasteiger partial charge is 0.361 e. The van der Waals surface area contributed by atoms with Crippen LogP contribution >= 0.6 is 0 Å². The van der Waals surface area contributed by atoms with Gasteiger partial charge in [-0.1, -0.05) is 0 Å². The molecule has 0 atom stereocenters. The molecule has 1 aliphatic heterocycles. The van der Waals surface area contributed by atoms with Gasteiger partial charge in [-0.2, -0.15) is 0 Å². The number of aromatic nitrogens is 1. The normalized spacial score (nSPS) is 14.6. The summed E-state index contributed by atoms with van der Waals surface area (Å²) in [7, 11) is 0. The number of hydrogen-bond donors (Lipinski definition) is 2. The molecule has 0 aliphatic carbocycles. The Morgan fingerprint density at radius 3 is 2.27 bits per heavy atom. The highest BCUT2D eigenvalue weighted by molar-refractivity contribution is 6.05. The van der Waals surface area contributed by atoms with E-state index < -0.39 is 40.6 Å². The van der Waals surface area contributed by atoms with Crippen molar-refractivity contribution in [3.05, 3.63) is 64.6 Å². The molecule has 0 radical (unpaired) electrons. The van der Waals surface area contributed by atoms with E-state index in [0.29, 0.717) is 0 Å². The van der Waals surface area contributed by atoms with Gasteiger partial charge in [0.05, 0.1) is 0 Å². The van der Waals surface area contributed by atoms with E-state index in [1.54, 1.807) is 12.1 Å². The van der Waals surface area contributed by atoms with Crippen molar-refractivity contribution in [2.24, 2.45) is 0 Å². The zero-order valence-electron chi connectivity index (χ0n) is 15.8. The highest BCUT2D eigenvalue weighted by Crippen LogP contribution is 2.26. The van der Waals surface area contributed by atoms with Crippen LogP contribution in [-0.2, 0) is 6.42 Å². The molecule has 158 valence electrons. The van der Waals surface area contributed by atoms with E-state index in [0.717, 1.165) is 42.5 Å². The fraction of sp³-hybridized carbons (Fsp3) is 0.286. The van der Waals surface area contributed by atoms with E-state index in [9.17, 15) is 26.7 Å². The van der Waals surface area contributed by atoms with Crippen LogP contribution in [-0.4, -0.2) is 35.4 Å². The minimum Gasteiger partial charge on any atom is -0.361 e. The number of anilines is 1. The number of hydrogen-bond acceptors (Lipinski definition) is 2. The van der Waals surface area contributed by atoms with Crippen molar-refractivity contribution in [1.29, 1.82) is 0 Å². The van der Waals surface area contributed by atoms with Gasteiger partial charge >= 0.3 is 0 Å². The second kappa shape index (κ2) is 8.06. The van der Waals surface area contributed by atoms with Crippen LogP contribution in [0.5, 0.6) is 0 Å². The number of halogens is 5. The van der Waals surface area contributed by atoms with Gasteiger partial charge in [0.15, 0.2) is 23.3 Å². The van der Waals surface area contributed by atoms with Crippen LogP contribution in [0, 0.1) is 29.1 Å². The first-order valence-electron chi connectivity index (χ1n) is 9.52. The monoisotopic (exact) mass is 423 g/mol. The maximum Gasteiger partial charge on any atom is 0.261 e. The first-order chi connectivity index (χ1) is 14.4. The number of rotatable bonds is 5. The van der Waals surface area contributed by atoms with Gasteiger partial charge in [-0.05, 0) is 56.1 Å². The van der Waals surface area contributed by atoms with Crippen molar-refractivity contribution < 1.29 is 26.7 Å². The number of carbonyl (C=O) groups is 1. The quantitative estimate of drug-likeness (QED) is 0.353. The van der Waals surface area contributed by atoms with Crippen LogP contribution in [0.1, 0.15) is 28.8 Å².